The molecule has 0 aliphatic carbocycles. The van der Waals surface area contributed by atoms with Crippen LogP contribution in [0.4, 0.5) is 0 Å². The Morgan fingerprint density at radius 2 is 1.33 bits per heavy atom. The molecule has 18 heavy (non-hydrogen) atoms. The SMILES string of the molecule is O=c1[nH]c(-c2ccccccccc2)[nH+]c(=O)[nH]1. The Hall–Kier alpha value is -2.69. The molecule has 0 unspecified atom stereocenters. The van der Waals surface area contributed by atoms with Crippen LogP contribution in [0, 0.1) is 0 Å². The Labute approximate surface area is 103 Å². The fourth-order valence-electron chi connectivity index (χ4n) is 1.43. The molecule has 5 nitrogen and oxygen atoms in total. The molecule has 0 radical (unpaired) electrons. The van der Waals surface area contributed by atoms with Gasteiger partial charge in [-0.05, 0) is 12.1 Å². The molecule has 3 N–H and O–H groups in total. The van der Waals surface area contributed by atoms with Gasteiger partial charge in [0, 0.05) is 5.56 Å². The molecule has 0 aliphatic heterocycles. The quantitative estimate of drug-likeness (QED) is 0.770. The Morgan fingerprint density at radius 3 is 1.89 bits per heavy atom. The fourth-order valence-corrected chi connectivity index (χ4v) is 1.43. The van der Waals surface area contributed by atoms with E-state index in [0.717, 1.165) is 0 Å². The molecule has 0 aliphatic rings. The van der Waals surface area contributed by atoms with Crippen LogP contribution in [-0.2, 0) is 0 Å². The first-order valence-electron chi connectivity index (χ1n) is 5.40. The lowest BCUT2D eigenvalue weighted by Crippen LogP contribution is -2.39. The summed E-state index contributed by atoms with van der Waals surface area (Å²) in [5.41, 5.74) is -0.381. The minimum Gasteiger partial charge on any atom is -0.212 e. The normalized spacial score (nSPS) is 9.56. The van der Waals surface area contributed by atoms with E-state index in [4.69, 9.17) is 0 Å². The molecule has 2 rings (SSSR count). The van der Waals surface area contributed by atoms with E-state index in [-0.39, 0.29) is 0 Å². The first-order valence-corrected chi connectivity index (χ1v) is 5.40. The minimum atomic E-state index is -0.542. The van der Waals surface area contributed by atoms with Crippen molar-refractivity contribution in [2.75, 3.05) is 0 Å². The van der Waals surface area contributed by atoms with Gasteiger partial charge in [0.25, 0.3) is 0 Å². The zero-order valence-electron chi connectivity index (χ0n) is 9.51. The lowest BCUT2D eigenvalue weighted by atomic mass is 10.2. The number of aromatic nitrogens is 3. The smallest absolute Gasteiger partial charge is 0.212 e. The third-order valence-electron chi connectivity index (χ3n) is 2.21. The van der Waals surface area contributed by atoms with Gasteiger partial charge in [0.2, 0.25) is 5.82 Å². The Kier molecular flexibility index (Phi) is 3.66. The van der Waals surface area contributed by atoms with Crippen molar-refractivity contribution in [3.8, 4) is 11.4 Å². The van der Waals surface area contributed by atoms with Gasteiger partial charge in [-0.25, -0.2) is 19.6 Å². The van der Waals surface area contributed by atoms with Crippen molar-refractivity contribution in [3.05, 3.63) is 75.6 Å². The average molecular weight is 242 g/mol. The second kappa shape index (κ2) is 5.58. The highest BCUT2D eigenvalue weighted by atomic mass is 16.2. The maximum atomic E-state index is 11.2. The summed E-state index contributed by atoms with van der Waals surface area (Å²) in [5, 5.41) is 0. The molecule has 0 bridgehead atoms. The van der Waals surface area contributed by atoms with E-state index in [1.165, 1.54) is 0 Å². The Morgan fingerprint density at radius 1 is 0.778 bits per heavy atom. The Balaban J connectivity index is 2.63. The van der Waals surface area contributed by atoms with Crippen molar-refractivity contribution in [1.29, 1.82) is 0 Å². The third kappa shape index (κ3) is 3.15. The van der Waals surface area contributed by atoms with Crippen molar-refractivity contribution < 1.29 is 4.98 Å². The fraction of sp³-hybridized carbons (Fsp3) is 0. The van der Waals surface area contributed by atoms with Gasteiger partial charge in [-0.3, -0.25) is 0 Å². The van der Waals surface area contributed by atoms with Crippen LogP contribution in [-0.4, -0.2) is 9.97 Å². The maximum absolute atomic E-state index is 11.2. The summed E-state index contributed by atoms with van der Waals surface area (Å²) >= 11 is 0. The molecule has 1 aromatic heterocycles. The van der Waals surface area contributed by atoms with Gasteiger partial charge in [-0.2, -0.15) is 4.98 Å². The predicted molar refractivity (Wildman–Crippen MR) is 67.3 cm³/mol. The van der Waals surface area contributed by atoms with Crippen LogP contribution in [0.15, 0.2) is 64.2 Å². The monoisotopic (exact) mass is 242 g/mol. The van der Waals surface area contributed by atoms with Crippen molar-refractivity contribution >= 4 is 0 Å². The lowest BCUT2D eigenvalue weighted by molar-refractivity contribution is -0.394. The first-order chi connectivity index (χ1) is 8.75. The molecule has 0 saturated heterocycles. The molecule has 0 atom stereocenters. The van der Waals surface area contributed by atoms with Crippen molar-refractivity contribution in [2.24, 2.45) is 0 Å². The minimum absolute atomic E-state index is 0.364. The molecular weight excluding hydrogens is 230 g/mol. The second-order valence-electron chi connectivity index (χ2n) is 3.54. The average Bonchev–Trinajstić information content (AvgIpc) is 2.34. The summed E-state index contributed by atoms with van der Waals surface area (Å²) < 4.78 is 0. The number of H-pyrrole nitrogens is 3. The van der Waals surface area contributed by atoms with Gasteiger partial charge in [0.15, 0.2) is 0 Å². The number of nitrogens with one attached hydrogen (secondary N) is 3. The van der Waals surface area contributed by atoms with E-state index in [9.17, 15) is 9.59 Å². The van der Waals surface area contributed by atoms with E-state index in [1.807, 2.05) is 42.5 Å². The molecule has 5 heteroatoms. The van der Waals surface area contributed by atoms with Crippen LogP contribution >= 0.6 is 0 Å². The highest BCUT2D eigenvalue weighted by Crippen LogP contribution is 2.05. The van der Waals surface area contributed by atoms with Gasteiger partial charge in [-0.1, -0.05) is 42.5 Å². The molecule has 0 amide bonds. The number of aromatic amines is 3. The molecule has 1 heterocycles. The lowest BCUT2D eigenvalue weighted by Gasteiger charge is -1.91. The summed E-state index contributed by atoms with van der Waals surface area (Å²) in [4.78, 5) is 29.6. The zero-order chi connectivity index (χ0) is 12.8. The largest absolute Gasteiger partial charge is 0.443 e. The zero-order valence-corrected chi connectivity index (χ0v) is 9.51. The number of rotatable bonds is 1. The summed E-state index contributed by atoms with van der Waals surface area (Å²) in [5.74, 6) is 0.364. The molecule has 1 aromatic carbocycles. The van der Waals surface area contributed by atoms with Crippen LogP contribution in [0.2, 0.25) is 0 Å². The van der Waals surface area contributed by atoms with Crippen LogP contribution in [0.5, 0.6) is 0 Å². The van der Waals surface area contributed by atoms with Gasteiger partial charge >= 0.3 is 11.4 Å². The van der Waals surface area contributed by atoms with E-state index in [0.29, 0.717) is 11.4 Å². The van der Waals surface area contributed by atoms with Gasteiger partial charge in [-0.15, -0.1) is 0 Å². The summed E-state index contributed by atoms with van der Waals surface area (Å²) in [6, 6.07) is 16.6. The van der Waals surface area contributed by atoms with Gasteiger partial charge < -0.3 is 0 Å². The van der Waals surface area contributed by atoms with Crippen molar-refractivity contribution in [3.63, 3.8) is 0 Å². The van der Waals surface area contributed by atoms with E-state index < -0.39 is 11.4 Å². The standard InChI is InChI=1S/C13H11N3O2/c17-12-14-11(15-13(18)16-12)10-8-6-4-2-1-3-5-7-9-10/h1-9H,(H2,14,15,16,17,18)/p+1. The predicted octanol–water partition coefficient (Wildman–Crippen LogP) is 0.669. The maximum Gasteiger partial charge on any atom is 0.443 e. The molecule has 0 spiro atoms. The topological polar surface area (TPSA) is 79.9 Å². The van der Waals surface area contributed by atoms with Gasteiger partial charge in [0.05, 0.1) is 0 Å². The van der Waals surface area contributed by atoms with Crippen LogP contribution in [0.25, 0.3) is 11.4 Å². The summed E-state index contributed by atoms with van der Waals surface area (Å²) in [6.07, 6.45) is 0. The molecule has 2 aromatic rings. The summed E-state index contributed by atoms with van der Waals surface area (Å²) in [6.45, 7) is 0. The number of hydrogen-bond acceptors (Lipinski definition) is 2. The molecular formula is C13H12N3O2+. The third-order valence-corrected chi connectivity index (χ3v) is 2.21. The molecule has 0 saturated carbocycles. The Bertz CT molecular complexity index is 649. The van der Waals surface area contributed by atoms with Crippen LogP contribution in [0.1, 0.15) is 0 Å². The first kappa shape index (κ1) is 11.8. The van der Waals surface area contributed by atoms with Crippen molar-refractivity contribution in [2.45, 2.75) is 0 Å². The van der Waals surface area contributed by atoms with E-state index >= 15 is 0 Å². The van der Waals surface area contributed by atoms with Crippen LogP contribution in [0.3, 0.4) is 0 Å². The van der Waals surface area contributed by atoms with Gasteiger partial charge in [0.1, 0.15) is 0 Å². The van der Waals surface area contributed by atoms with E-state index in [1.54, 1.807) is 12.1 Å². The second-order valence-corrected chi connectivity index (χ2v) is 3.54. The summed E-state index contributed by atoms with van der Waals surface area (Å²) in [7, 11) is 0. The van der Waals surface area contributed by atoms with E-state index in [2.05, 4.69) is 15.0 Å². The number of hydrogen-bond donors (Lipinski definition) is 2. The highest BCUT2D eigenvalue weighted by Gasteiger charge is 2.05. The van der Waals surface area contributed by atoms with Crippen molar-refractivity contribution in [1.82, 2.24) is 9.97 Å². The highest BCUT2D eigenvalue weighted by molar-refractivity contribution is 5.49. The van der Waals surface area contributed by atoms with Crippen LogP contribution < -0.4 is 16.4 Å². The molecule has 0 fully saturated rings. The molecule has 90 valence electrons.